The molecular formula is C15H20FN3O2. The summed E-state index contributed by atoms with van der Waals surface area (Å²) in [7, 11) is 0. The van der Waals surface area contributed by atoms with Crippen LogP contribution in [-0.4, -0.2) is 33.6 Å². The van der Waals surface area contributed by atoms with Crippen molar-refractivity contribution in [1.29, 1.82) is 0 Å². The Morgan fingerprint density at radius 2 is 2.19 bits per heavy atom. The van der Waals surface area contributed by atoms with Crippen molar-refractivity contribution in [3.8, 4) is 0 Å². The van der Waals surface area contributed by atoms with Crippen LogP contribution in [0.5, 0.6) is 0 Å². The summed E-state index contributed by atoms with van der Waals surface area (Å²) in [5, 5.41) is 12.1. The van der Waals surface area contributed by atoms with Crippen LogP contribution < -0.4 is 5.32 Å². The number of halogens is 1. The highest BCUT2D eigenvalue weighted by molar-refractivity contribution is 6.04. The van der Waals surface area contributed by atoms with E-state index in [9.17, 15) is 14.3 Å². The molecule has 0 saturated carbocycles. The minimum absolute atomic E-state index is 0.0374. The molecule has 1 heterocycles. The number of H-pyrrole nitrogens is 1. The zero-order chi connectivity index (χ0) is 15.6. The third-order valence-corrected chi connectivity index (χ3v) is 3.15. The number of imidazole rings is 1. The Labute approximate surface area is 122 Å². The molecule has 1 aromatic carbocycles. The number of fused-ring (bicyclic) bond motifs is 1. The lowest BCUT2D eigenvalue weighted by molar-refractivity contribution is 0.0899. The number of aliphatic hydroxyl groups is 1. The highest BCUT2D eigenvalue weighted by Crippen LogP contribution is 2.22. The van der Waals surface area contributed by atoms with Crippen LogP contribution >= 0.6 is 0 Å². The number of aliphatic hydroxyl groups excluding tert-OH is 1. The van der Waals surface area contributed by atoms with Crippen LogP contribution in [0, 0.1) is 11.2 Å². The van der Waals surface area contributed by atoms with Gasteiger partial charge in [-0.1, -0.05) is 20.8 Å². The Bertz CT molecular complexity index is 646. The number of carbonyl (C=O) groups excluding carboxylic acids is 1. The first kappa shape index (κ1) is 15.4. The van der Waals surface area contributed by atoms with Crippen LogP contribution in [0.2, 0.25) is 0 Å². The summed E-state index contributed by atoms with van der Waals surface area (Å²) < 4.78 is 13.5. The molecule has 0 radical (unpaired) electrons. The lowest BCUT2D eigenvalue weighted by atomic mass is 9.88. The van der Waals surface area contributed by atoms with Gasteiger partial charge in [-0.05, 0) is 24.0 Å². The largest absolute Gasteiger partial charge is 0.394 e. The van der Waals surface area contributed by atoms with Crippen LogP contribution in [0.4, 0.5) is 4.39 Å². The Morgan fingerprint density at radius 1 is 1.48 bits per heavy atom. The summed E-state index contributed by atoms with van der Waals surface area (Å²) in [6, 6.07) is 2.07. The number of nitrogens with zero attached hydrogens (tertiary/aromatic N) is 1. The summed E-state index contributed by atoms with van der Waals surface area (Å²) in [5.74, 6) is -0.942. The zero-order valence-corrected chi connectivity index (χ0v) is 12.4. The number of rotatable bonds is 4. The second kappa shape index (κ2) is 5.81. The predicted octanol–water partition coefficient (Wildman–Crippen LogP) is 2.23. The molecule has 0 aliphatic heterocycles. The number of aromatic amines is 1. The third-order valence-electron chi connectivity index (χ3n) is 3.15. The molecule has 0 saturated heterocycles. The predicted molar refractivity (Wildman–Crippen MR) is 78.5 cm³/mol. The Balaban J connectivity index is 2.23. The normalized spacial score (nSPS) is 13.4. The molecule has 1 unspecified atom stereocenters. The van der Waals surface area contributed by atoms with Crippen molar-refractivity contribution >= 4 is 16.9 Å². The van der Waals surface area contributed by atoms with Crippen LogP contribution in [0.25, 0.3) is 11.0 Å². The van der Waals surface area contributed by atoms with Crippen molar-refractivity contribution in [2.75, 3.05) is 6.61 Å². The van der Waals surface area contributed by atoms with Crippen molar-refractivity contribution in [2.45, 2.75) is 33.2 Å². The Kier molecular flexibility index (Phi) is 4.27. The van der Waals surface area contributed by atoms with Gasteiger partial charge in [0.05, 0.1) is 30.1 Å². The van der Waals surface area contributed by atoms with E-state index in [2.05, 4.69) is 15.3 Å². The van der Waals surface area contributed by atoms with Gasteiger partial charge in [0.2, 0.25) is 0 Å². The van der Waals surface area contributed by atoms with Crippen molar-refractivity contribution in [2.24, 2.45) is 5.41 Å². The smallest absolute Gasteiger partial charge is 0.253 e. The van der Waals surface area contributed by atoms with E-state index in [4.69, 9.17) is 0 Å². The van der Waals surface area contributed by atoms with E-state index in [-0.39, 0.29) is 23.6 Å². The van der Waals surface area contributed by atoms with E-state index >= 15 is 0 Å². The maximum atomic E-state index is 13.5. The van der Waals surface area contributed by atoms with E-state index in [1.54, 1.807) is 0 Å². The second-order valence-corrected chi connectivity index (χ2v) is 6.37. The molecule has 0 bridgehead atoms. The zero-order valence-electron chi connectivity index (χ0n) is 12.4. The molecular weight excluding hydrogens is 273 g/mol. The highest BCUT2D eigenvalue weighted by Gasteiger charge is 2.22. The minimum Gasteiger partial charge on any atom is -0.394 e. The third kappa shape index (κ3) is 3.78. The second-order valence-electron chi connectivity index (χ2n) is 6.37. The lowest BCUT2D eigenvalue weighted by Crippen LogP contribution is -2.40. The quantitative estimate of drug-likeness (QED) is 0.809. The molecule has 3 N–H and O–H groups in total. The Hall–Kier alpha value is -1.95. The van der Waals surface area contributed by atoms with Gasteiger partial charge in [-0.3, -0.25) is 4.79 Å². The van der Waals surface area contributed by atoms with Crippen LogP contribution in [0.3, 0.4) is 0 Å². The molecule has 0 aliphatic carbocycles. The molecule has 1 aromatic heterocycles. The SMILES string of the molecule is CC(C)(C)CC(CO)NC(=O)c1cc(F)cc2[nH]cnc12. The molecule has 2 rings (SSSR count). The van der Waals surface area contributed by atoms with Gasteiger partial charge in [0.15, 0.2) is 0 Å². The summed E-state index contributed by atoms with van der Waals surface area (Å²) in [6.07, 6.45) is 2.04. The van der Waals surface area contributed by atoms with Crippen molar-refractivity contribution in [3.63, 3.8) is 0 Å². The van der Waals surface area contributed by atoms with Crippen LogP contribution in [-0.2, 0) is 0 Å². The van der Waals surface area contributed by atoms with E-state index in [0.717, 1.165) is 6.07 Å². The van der Waals surface area contributed by atoms with Crippen molar-refractivity contribution in [1.82, 2.24) is 15.3 Å². The molecule has 21 heavy (non-hydrogen) atoms. The molecule has 0 fully saturated rings. The Morgan fingerprint density at radius 3 is 2.81 bits per heavy atom. The first-order valence-corrected chi connectivity index (χ1v) is 6.84. The monoisotopic (exact) mass is 293 g/mol. The lowest BCUT2D eigenvalue weighted by Gasteiger charge is -2.25. The summed E-state index contributed by atoms with van der Waals surface area (Å²) >= 11 is 0. The summed E-state index contributed by atoms with van der Waals surface area (Å²) in [6.45, 7) is 5.91. The number of nitrogens with one attached hydrogen (secondary N) is 2. The van der Waals surface area contributed by atoms with Gasteiger partial charge < -0.3 is 15.4 Å². The van der Waals surface area contributed by atoms with Gasteiger partial charge in [-0.25, -0.2) is 9.37 Å². The van der Waals surface area contributed by atoms with Gasteiger partial charge in [0.1, 0.15) is 11.3 Å². The maximum Gasteiger partial charge on any atom is 0.253 e. The van der Waals surface area contributed by atoms with Crippen molar-refractivity contribution < 1.29 is 14.3 Å². The first-order chi connectivity index (χ1) is 9.80. The molecule has 5 nitrogen and oxygen atoms in total. The number of hydrogen-bond acceptors (Lipinski definition) is 3. The van der Waals surface area contributed by atoms with E-state index < -0.39 is 11.7 Å². The molecule has 1 amide bonds. The van der Waals surface area contributed by atoms with E-state index in [0.29, 0.717) is 17.5 Å². The van der Waals surface area contributed by atoms with Crippen molar-refractivity contribution in [3.05, 3.63) is 29.8 Å². The average molecular weight is 293 g/mol. The molecule has 6 heteroatoms. The van der Waals surface area contributed by atoms with E-state index in [1.807, 2.05) is 20.8 Å². The van der Waals surface area contributed by atoms with Crippen LogP contribution in [0.15, 0.2) is 18.5 Å². The summed E-state index contributed by atoms with van der Waals surface area (Å²) in [5.41, 5.74) is 1.01. The number of amides is 1. The topological polar surface area (TPSA) is 78.0 Å². The first-order valence-electron chi connectivity index (χ1n) is 6.84. The van der Waals surface area contributed by atoms with Crippen LogP contribution in [0.1, 0.15) is 37.6 Å². The summed E-state index contributed by atoms with van der Waals surface area (Å²) in [4.78, 5) is 19.1. The minimum atomic E-state index is -0.506. The standard InChI is InChI=1S/C15H20FN3O2/c1-15(2,3)6-10(7-20)19-14(21)11-4-9(16)5-12-13(11)18-8-17-12/h4-5,8,10,20H,6-7H2,1-3H3,(H,17,18)(H,19,21). The highest BCUT2D eigenvalue weighted by atomic mass is 19.1. The number of aromatic nitrogens is 2. The van der Waals surface area contributed by atoms with Gasteiger partial charge >= 0.3 is 0 Å². The molecule has 1 atom stereocenters. The fourth-order valence-electron chi connectivity index (χ4n) is 2.35. The maximum absolute atomic E-state index is 13.5. The molecule has 0 aliphatic rings. The molecule has 0 spiro atoms. The number of carbonyl (C=O) groups is 1. The fraction of sp³-hybridized carbons (Fsp3) is 0.467. The number of hydrogen-bond donors (Lipinski definition) is 3. The van der Waals surface area contributed by atoms with Gasteiger partial charge in [-0.2, -0.15) is 0 Å². The van der Waals surface area contributed by atoms with Gasteiger partial charge in [-0.15, -0.1) is 0 Å². The molecule has 114 valence electrons. The van der Waals surface area contributed by atoms with E-state index in [1.165, 1.54) is 12.4 Å². The van der Waals surface area contributed by atoms with Gasteiger partial charge in [0, 0.05) is 0 Å². The fourth-order valence-corrected chi connectivity index (χ4v) is 2.35. The average Bonchev–Trinajstić information content (AvgIpc) is 2.82. The number of benzene rings is 1. The molecule has 2 aromatic rings. The van der Waals surface area contributed by atoms with Gasteiger partial charge in [0.25, 0.3) is 5.91 Å².